The highest BCUT2D eigenvalue weighted by Crippen LogP contribution is 2.39. The Morgan fingerprint density at radius 1 is 1.14 bits per heavy atom. The van der Waals surface area contributed by atoms with Gasteiger partial charge in [-0.1, -0.05) is 12.1 Å². The Morgan fingerprint density at radius 3 is 2.64 bits per heavy atom. The maximum Gasteiger partial charge on any atom is 0.258 e. The summed E-state index contributed by atoms with van der Waals surface area (Å²) in [4.78, 5) is 26.5. The predicted octanol–water partition coefficient (Wildman–Crippen LogP) is 1.71. The van der Waals surface area contributed by atoms with Gasteiger partial charge in [-0.15, -0.1) is 0 Å². The molecular formula is C17H18N3O2+. The fourth-order valence-electron chi connectivity index (χ4n) is 3.77. The van der Waals surface area contributed by atoms with Gasteiger partial charge in [0.1, 0.15) is 6.54 Å². The van der Waals surface area contributed by atoms with Crippen molar-refractivity contribution in [3.63, 3.8) is 0 Å². The quantitative estimate of drug-likeness (QED) is 0.595. The summed E-state index contributed by atoms with van der Waals surface area (Å²) in [5.41, 5.74) is 3.49. The molecule has 0 spiro atoms. The van der Waals surface area contributed by atoms with Crippen molar-refractivity contribution in [2.24, 2.45) is 0 Å². The molecule has 2 heterocycles. The van der Waals surface area contributed by atoms with Crippen LogP contribution in [0.2, 0.25) is 0 Å². The molecule has 112 valence electrons. The van der Waals surface area contributed by atoms with Crippen molar-refractivity contribution in [3.8, 4) is 0 Å². The average Bonchev–Trinajstić information content (AvgIpc) is 2.43. The first-order chi connectivity index (χ1) is 10.4. The number of amides is 2. The molecule has 2 aliphatic rings. The lowest BCUT2D eigenvalue weighted by atomic mass is 9.89. The zero-order valence-corrected chi connectivity index (χ0v) is 12.9. The second-order valence-electron chi connectivity index (χ2n) is 6.87. The first-order valence-corrected chi connectivity index (χ1v) is 7.35. The number of hydrogen-bond donors (Lipinski definition) is 1. The zero-order chi connectivity index (χ0) is 15.6. The van der Waals surface area contributed by atoms with Crippen molar-refractivity contribution >= 4 is 28.3 Å². The van der Waals surface area contributed by atoms with Gasteiger partial charge in [0.2, 0.25) is 0 Å². The molecular weight excluding hydrogens is 278 g/mol. The molecule has 0 saturated carbocycles. The fourth-order valence-corrected chi connectivity index (χ4v) is 3.77. The Morgan fingerprint density at radius 2 is 1.86 bits per heavy atom. The Balaban J connectivity index is 2.13. The van der Waals surface area contributed by atoms with Crippen LogP contribution in [0.4, 0.5) is 5.69 Å². The van der Waals surface area contributed by atoms with E-state index in [2.05, 4.69) is 24.3 Å². The van der Waals surface area contributed by atoms with Gasteiger partial charge in [-0.3, -0.25) is 14.9 Å². The number of fused-ring (bicyclic) bond motifs is 2. The lowest BCUT2D eigenvalue weighted by Crippen LogP contribution is -2.50. The Hall–Kier alpha value is -2.40. The predicted molar refractivity (Wildman–Crippen MR) is 84.8 cm³/mol. The molecule has 0 unspecified atom stereocenters. The molecule has 5 heteroatoms. The fraction of sp³-hybridized carbons (Fsp3) is 0.294. The van der Waals surface area contributed by atoms with Gasteiger partial charge in [0.25, 0.3) is 11.8 Å². The third-order valence-electron chi connectivity index (χ3n) is 4.56. The number of nitrogens with one attached hydrogen (secondary N) is 1. The molecule has 2 amide bonds. The number of carbonyl (C=O) groups excluding carboxylic acids is 2. The lowest BCUT2D eigenvalue weighted by molar-refractivity contribution is -0.904. The topological polar surface area (TPSA) is 49.4 Å². The monoisotopic (exact) mass is 296 g/mol. The molecule has 0 aliphatic carbocycles. The van der Waals surface area contributed by atoms with Crippen LogP contribution in [0, 0.1) is 0 Å². The van der Waals surface area contributed by atoms with Gasteiger partial charge in [-0.2, -0.15) is 0 Å². The van der Waals surface area contributed by atoms with E-state index in [1.54, 1.807) is 6.07 Å². The number of benzene rings is 2. The molecule has 0 fully saturated rings. The molecule has 2 aromatic rings. The average molecular weight is 296 g/mol. The second-order valence-corrected chi connectivity index (χ2v) is 6.87. The molecule has 0 radical (unpaired) electrons. The normalized spacial score (nSPS) is 19.1. The van der Waals surface area contributed by atoms with Crippen LogP contribution >= 0.6 is 0 Å². The Bertz CT molecular complexity index is 855. The van der Waals surface area contributed by atoms with Gasteiger partial charge in [0, 0.05) is 23.6 Å². The molecule has 2 aromatic carbocycles. The maximum atomic E-state index is 12.2. The summed E-state index contributed by atoms with van der Waals surface area (Å²) in [6.45, 7) is 1.77. The van der Waals surface area contributed by atoms with Crippen molar-refractivity contribution in [3.05, 3.63) is 41.0 Å². The molecule has 0 aromatic heterocycles. The number of hydrogen-bond acceptors (Lipinski definition) is 3. The molecule has 4 rings (SSSR count). The van der Waals surface area contributed by atoms with Gasteiger partial charge in [-0.05, 0) is 17.5 Å². The maximum absolute atomic E-state index is 12.2. The van der Waals surface area contributed by atoms with E-state index >= 15 is 0 Å². The van der Waals surface area contributed by atoms with E-state index in [4.69, 9.17) is 0 Å². The van der Waals surface area contributed by atoms with Crippen LogP contribution in [0.25, 0.3) is 10.8 Å². The third kappa shape index (κ3) is 1.69. The highest BCUT2D eigenvalue weighted by Gasteiger charge is 2.33. The number of anilines is 1. The lowest BCUT2D eigenvalue weighted by Gasteiger charge is -2.41. The van der Waals surface area contributed by atoms with Crippen LogP contribution in [0.5, 0.6) is 0 Å². The number of nitrogens with zero attached hydrogens (tertiary/aromatic N) is 2. The first-order valence-electron chi connectivity index (χ1n) is 7.35. The minimum atomic E-state index is -0.305. The largest absolute Gasteiger partial charge is 0.328 e. The summed E-state index contributed by atoms with van der Waals surface area (Å²) < 4.78 is 0.850. The first kappa shape index (κ1) is 13.3. The molecule has 1 N–H and O–H groups in total. The van der Waals surface area contributed by atoms with Crippen LogP contribution in [0.3, 0.4) is 0 Å². The van der Waals surface area contributed by atoms with E-state index < -0.39 is 0 Å². The standard InChI is InChI=1S/C17H17N3O2/c1-19-9-20(2,3)8-13-10-5-4-6-11-15(10)12(7-14(13)19)17(22)18-16(11)21/h4-7H,8-9H2,1-3H3/p+1. The summed E-state index contributed by atoms with van der Waals surface area (Å²) in [6.07, 6.45) is 0. The van der Waals surface area contributed by atoms with Crippen molar-refractivity contribution in [2.45, 2.75) is 6.54 Å². The zero-order valence-electron chi connectivity index (χ0n) is 12.9. The number of imide groups is 1. The van der Waals surface area contributed by atoms with Crippen LogP contribution < -0.4 is 10.2 Å². The van der Waals surface area contributed by atoms with Gasteiger partial charge < -0.3 is 9.38 Å². The van der Waals surface area contributed by atoms with E-state index in [9.17, 15) is 9.59 Å². The van der Waals surface area contributed by atoms with Gasteiger partial charge in [0.05, 0.1) is 25.3 Å². The Labute approximate surface area is 128 Å². The van der Waals surface area contributed by atoms with Gasteiger partial charge >= 0.3 is 0 Å². The number of carbonyl (C=O) groups is 2. The van der Waals surface area contributed by atoms with Crippen LogP contribution in [-0.4, -0.2) is 44.1 Å². The second kappa shape index (κ2) is 4.08. The number of quaternary nitrogens is 1. The van der Waals surface area contributed by atoms with E-state index in [0.29, 0.717) is 11.1 Å². The molecule has 0 saturated heterocycles. The van der Waals surface area contributed by atoms with Crippen LogP contribution in [0.1, 0.15) is 26.3 Å². The smallest absolute Gasteiger partial charge is 0.258 e. The highest BCUT2D eigenvalue weighted by molar-refractivity contribution is 6.26. The van der Waals surface area contributed by atoms with Gasteiger partial charge in [-0.25, -0.2) is 0 Å². The SMILES string of the molecule is CN1C[N+](C)(C)Cc2c1cc1c3c(cccc23)C(=O)NC1=O. The van der Waals surface area contributed by atoms with E-state index in [-0.39, 0.29) is 11.8 Å². The highest BCUT2D eigenvalue weighted by atomic mass is 16.2. The van der Waals surface area contributed by atoms with Crippen molar-refractivity contribution in [2.75, 3.05) is 32.7 Å². The Kier molecular flexibility index (Phi) is 2.46. The summed E-state index contributed by atoms with van der Waals surface area (Å²) in [6, 6.07) is 7.63. The molecule has 5 nitrogen and oxygen atoms in total. The summed E-state index contributed by atoms with van der Waals surface area (Å²) >= 11 is 0. The minimum absolute atomic E-state index is 0.302. The van der Waals surface area contributed by atoms with Crippen LogP contribution in [-0.2, 0) is 6.54 Å². The molecule has 0 atom stereocenters. The summed E-state index contributed by atoms with van der Waals surface area (Å²) in [5, 5.41) is 4.25. The van der Waals surface area contributed by atoms with Crippen molar-refractivity contribution in [1.82, 2.24) is 5.32 Å². The molecule has 0 bridgehead atoms. The van der Waals surface area contributed by atoms with Crippen LogP contribution in [0.15, 0.2) is 24.3 Å². The van der Waals surface area contributed by atoms with Crippen molar-refractivity contribution in [1.29, 1.82) is 0 Å². The summed E-state index contributed by atoms with van der Waals surface area (Å²) in [5.74, 6) is -0.606. The van der Waals surface area contributed by atoms with E-state index in [1.807, 2.05) is 25.2 Å². The number of rotatable bonds is 0. The third-order valence-corrected chi connectivity index (χ3v) is 4.56. The molecule has 2 aliphatic heterocycles. The summed E-state index contributed by atoms with van der Waals surface area (Å²) in [7, 11) is 6.42. The van der Waals surface area contributed by atoms with Gasteiger partial charge in [0.15, 0.2) is 6.67 Å². The van der Waals surface area contributed by atoms with Crippen molar-refractivity contribution < 1.29 is 14.1 Å². The minimum Gasteiger partial charge on any atom is -0.328 e. The molecule has 22 heavy (non-hydrogen) atoms. The van der Waals surface area contributed by atoms with E-state index in [1.165, 1.54) is 5.56 Å². The van der Waals surface area contributed by atoms with E-state index in [0.717, 1.165) is 34.2 Å².